The highest BCUT2D eigenvalue weighted by molar-refractivity contribution is 5.74. The topological polar surface area (TPSA) is 155 Å². The third-order valence-electron chi connectivity index (χ3n) is 4.23. The molecule has 1 aromatic carbocycles. The lowest BCUT2D eigenvalue weighted by atomic mass is 10.1. The van der Waals surface area contributed by atoms with Crippen molar-refractivity contribution in [3.8, 4) is 17.5 Å². The van der Waals surface area contributed by atoms with Crippen molar-refractivity contribution < 1.29 is 48.4 Å². The number of aromatic nitrogens is 1. The van der Waals surface area contributed by atoms with Crippen LogP contribution in [0.1, 0.15) is 30.0 Å². The number of benzene rings is 1. The van der Waals surface area contributed by atoms with Crippen molar-refractivity contribution in [1.82, 2.24) is 10.0 Å². The van der Waals surface area contributed by atoms with E-state index in [1.807, 2.05) is 6.92 Å². The summed E-state index contributed by atoms with van der Waals surface area (Å²) in [4.78, 5) is 39.9. The normalized spacial score (nSPS) is 10.4. The quantitative estimate of drug-likeness (QED) is 0.248. The molecular formula is C22H28N2O10. The highest BCUT2D eigenvalue weighted by Crippen LogP contribution is 2.25. The third kappa shape index (κ3) is 8.20. The first-order valence-electron chi connectivity index (χ1n) is 10.4. The Labute approximate surface area is 195 Å². The van der Waals surface area contributed by atoms with Crippen molar-refractivity contribution in [1.29, 1.82) is 0 Å². The lowest BCUT2D eigenvalue weighted by molar-refractivity contribution is -0.139. The molecule has 12 nitrogen and oxygen atoms in total. The molecule has 0 unspecified atom stereocenters. The molecule has 2 rings (SSSR count). The van der Waals surface area contributed by atoms with Crippen molar-refractivity contribution in [3.63, 3.8) is 0 Å². The highest BCUT2D eigenvalue weighted by atomic mass is 16.8. The maximum Gasteiger partial charge on any atom is 0.534 e. The molecule has 0 radical (unpaired) electrons. The fourth-order valence-corrected chi connectivity index (χ4v) is 2.79. The van der Waals surface area contributed by atoms with Crippen molar-refractivity contribution in [2.24, 2.45) is 0 Å². The van der Waals surface area contributed by atoms with Gasteiger partial charge in [0.1, 0.15) is 19.0 Å². The molecule has 0 atom stereocenters. The van der Waals surface area contributed by atoms with E-state index in [0.717, 1.165) is 18.6 Å². The summed E-state index contributed by atoms with van der Waals surface area (Å²) in [7, 11) is 0. The second-order valence-electron chi connectivity index (χ2n) is 7.12. The molecule has 0 saturated heterocycles. The maximum absolute atomic E-state index is 12.1. The van der Waals surface area contributed by atoms with Crippen LogP contribution in [0.25, 0.3) is 0 Å². The second-order valence-corrected chi connectivity index (χ2v) is 7.12. The lowest BCUT2D eigenvalue weighted by Crippen LogP contribution is -2.29. The molecule has 12 heteroatoms. The zero-order valence-electron chi connectivity index (χ0n) is 19.2. The predicted molar refractivity (Wildman–Crippen MR) is 117 cm³/mol. The monoisotopic (exact) mass is 480 g/mol. The number of aromatic hydroxyl groups is 2. The largest absolute Gasteiger partial charge is 0.534 e. The average molecular weight is 480 g/mol. The third-order valence-corrected chi connectivity index (χ3v) is 4.23. The summed E-state index contributed by atoms with van der Waals surface area (Å²) in [6.45, 7) is 5.49. The summed E-state index contributed by atoms with van der Waals surface area (Å²) in [5, 5.41) is 21.4. The van der Waals surface area contributed by atoms with Gasteiger partial charge in [-0.2, -0.15) is 0 Å². The standard InChI is InChI=1S/C22H28N2O10/c1-4-8-31-21(28)23-7-9-30-13-19(27)33-20-14(2)10-16(11-15(20)3)12-32-22(29)34-24-17(25)5-6-18(24)26/h5-6,10-11,25-26H,4,7-9,12-13H2,1-3H3,(H,23,28). The molecule has 0 fully saturated rings. The maximum atomic E-state index is 12.1. The number of hydrogen-bond acceptors (Lipinski definition) is 10. The fraction of sp³-hybridized carbons (Fsp3) is 0.409. The van der Waals surface area contributed by atoms with Crippen LogP contribution in [0.3, 0.4) is 0 Å². The number of hydrogen-bond donors (Lipinski definition) is 3. The van der Waals surface area contributed by atoms with Crippen LogP contribution in [-0.2, 0) is 25.6 Å². The van der Waals surface area contributed by atoms with Gasteiger partial charge in [-0.25, -0.2) is 14.4 Å². The molecular weight excluding hydrogens is 452 g/mol. The SMILES string of the molecule is CCCOC(=O)NCCOCC(=O)Oc1c(C)cc(COC(=O)On2c(O)ccc2O)cc1C. The summed E-state index contributed by atoms with van der Waals surface area (Å²) < 4.78 is 20.9. The number of amides is 1. The number of alkyl carbamates (subject to hydrolysis) is 1. The van der Waals surface area contributed by atoms with E-state index in [4.69, 9.17) is 23.8 Å². The molecule has 0 aliphatic rings. The Morgan fingerprint density at radius 3 is 2.26 bits per heavy atom. The van der Waals surface area contributed by atoms with E-state index >= 15 is 0 Å². The number of esters is 1. The zero-order valence-corrected chi connectivity index (χ0v) is 19.2. The first-order valence-corrected chi connectivity index (χ1v) is 10.4. The van der Waals surface area contributed by atoms with Crippen molar-refractivity contribution in [2.75, 3.05) is 26.4 Å². The molecule has 34 heavy (non-hydrogen) atoms. The second kappa shape index (κ2) is 12.9. The molecule has 1 amide bonds. The summed E-state index contributed by atoms with van der Waals surface area (Å²) in [6, 6.07) is 5.62. The van der Waals surface area contributed by atoms with Gasteiger partial charge < -0.3 is 34.5 Å². The molecule has 0 saturated carbocycles. The molecule has 3 N–H and O–H groups in total. The minimum atomic E-state index is -1.14. The molecule has 2 aromatic rings. The van der Waals surface area contributed by atoms with Crippen molar-refractivity contribution in [2.45, 2.75) is 33.8 Å². The number of nitrogens with one attached hydrogen (secondary N) is 1. The minimum absolute atomic E-state index is 0.110. The van der Waals surface area contributed by atoms with Crippen LogP contribution in [0.15, 0.2) is 24.3 Å². The summed E-state index contributed by atoms with van der Waals surface area (Å²) in [6.07, 6.45) is -0.962. The number of aryl methyl sites for hydroxylation is 2. The number of carbonyl (C=O) groups is 3. The number of carbonyl (C=O) groups excluding carboxylic acids is 3. The summed E-state index contributed by atoms with van der Waals surface area (Å²) in [5.74, 6) is -1.20. The molecule has 186 valence electrons. The smallest absolute Gasteiger partial charge is 0.492 e. The van der Waals surface area contributed by atoms with E-state index < -0.39 is 30.0 Å². The van der Waals surface area contributed by atoms with Gasteiger partial charge in [0.15, 0.2) is 0 Å². The van der Waals surface area contributed by atoms with Gasteiger partial charge in [0.05, 0.1) is 13.2 Å². The van der Waals surface area contributed by atoms with Crippen LogP contribution in [0, 0.1) is 13.8 Å². The molecule has 0 aliphatic carbocycles. The Bertz CT molecular complexity index is 959. The molecule has 1 aromatic heterocycles. The lowest BCUT2D eigenvalue weighted by Gasteiger charge is -2.13. The summed E-state index contributed by atoms with van der Waals surface area (Å²) in [5.41, 5.74) is 1.85. The van der Waals surface area contributed by atoms with Crippen molar-refractivity contribution >= 4 is 18.2 Å². The van der Waals surface area contributed by atoms with E-state index in [2.05, 4.69) is 5.32 Å². The Morgan fingerprint density at radius 2 is 1.65 bits per heavy atom. The number of nitrogens with zero attached hydrogens (tertiary/aromatic N) is 1. The fourth-order valence-electron chi connectivity index (χ4n) is 2.79. The minimum Gasteiger partial charge on any atom is -0.492 e. The van der Waals surface area contributed by atoms with Gasteiger partial charge in [-0.3, -0.25) is 4.84 Å². The van der Waals surface area contributed by atoms with E-state index in [1.54, 1.807) is 26.0 Å². The van der Waals surface area contributed by atoms with Crippen LogP contribution in [0.4, 0.5) is 9.59 Å². The Hall–Kier alpha value is -3.93. The Morgan fingerprint density at radius 1 is 1.00 bits per heavy atom. The first kappa shape index (κ1) is 26.3. The molecule has 0 spiro atoms. The van der Waals surface area contributed by atoms with Gasteiger partial charge in [-0.1, -0.05) is 6.92 Å². The van der Waals surface area contributed by atoms with Gasteiger partial charge in [-0.15, -0.1) is 4.73 Å². The first-order chi connectivity index (χ1) is 16.2. The molecule has 0 bridgehead atoms. The molecule has 1 heterocycles. The van der Waals surface area contributed by atoms with Crippen LogP contribution in [-0.4, -0.2) is 59.5 Å². The van der Waals surface area contributed by atoms with Gasteiger partial charge in [-0.05, 0) is 49.1 Å². The van der Waals surface area contributed by atoms with E-state index in [1.165, 1.54) is 0 Å². The van der Waals surface area contributed by atoms with Crippen molar-refractivity contribution in [3.05, 3.63) is 41.0 Å². The highest BCUT2D eigenvalue weighted by Gasteiger charge is 2.15. The van der Waals surface area contributed by atoms with E-state index in [9.17, 15) is 24.6 Å². The van der Waals surface area contributed by atoms with Crippen LogP contribution < -0.4 is 14.9 Å². The van der Waals surface area contributed by atoms with E-state index in [0.29, 0.717) is 33.8 Å². The number of ether oxygens (including phenoxy) is 4. The van der Waals surface area contributed by atoms with Crippen LogP contribution in [0.5, 0.6) is 17.5 Å². The van der Waals surface area contributed by atoms with Gasteiger partial charge in [0, 0.05) is 18.7 Å². The Kier molecular flexibility index (Phi) is 10.0. The summed E-state index contributed by atoms with van der Waals surface area (Å²) >= 11 is 0. The number of rotatable bonds is 11. The van der Waals surface area contributed by atoms with E-state index in [-0.39, 0.29) is 26.4 Å². The Balaban J connectivity index is 1.78. The van der Waals surface area contributed by atoms with Gasteiger partial charge >= 0.3 is 18.2 Å². The molecule has 0 aliphatic heterocycles. The zero-order chi connectivity index (χ0) is 25.1. The van der Waals surface area contributed by atoms with Gasteiger partial charge in [0.25, 0.3) is 0 Å². The predicted octanol–water partition coefficient (Wildman–Crippen LogP) is 2.34. The average Bonchev–Trinajstić information content (AvgIpc) is 3.10. The van der Waals surface area contributed by atoms with Crippen LogP contribution in [0.2, 0.25) is 0 Å². The van der Waals surface area contributed by atoms with Gasteiger partial charge in [0.2, 0.25) is 11.8 Å². The van der Waals surface area contributed by atoms with Crippen LogP contribution >= 0.6 is 0 Å².